The van der Waals surface area contributed by atoms with Crippen LogP contribution >= 0.6 is 0 Å². The lowest BCUT2D eigenvalue weighted by atomic mass is 9.96. The first-order chi connectivity index (χ1) is 9.83. The summed E-state index contributed by atoms with van der Waals surface area (Å²) in [5.74, 6) is -2.46. The summed E-state index contributed by atoms with van der Waals surface area (Å²) in [6.07, 6.45) is -1.52. The second-order valence-corrected chi connectivity index (χ2v) is 4.72. The monoisotopic (exact) mass is 295 g/mol. The van der Waals surface area contributed by atoms with Crippen molar-refractivity contribution in [2.75, 3.05) is 0 Å². The summed E-state index contributed by atoms with van der Waals surface area (Å²) in [6.45, 7) is 1.24. The lowest BCUT2D eigenvalue weighted by Crippen LogP contribution is -2.52. The van der Waals surface area contributed by atoms with Crippen LogP contribution in [-0.4, -0.2) is 33.8 Å². The van der Waals surface area contributed by atoms with E-state index in [4.69, 9.17) is 14.9 Å². The van der Waals surface area contributed by atoms with Crippen LogP contribution in [-0.2, 0) is 20.9 Å². The van der Waals surface area contributed by atoms with E-state index < -0.39 is 23.6 Å². The van der Waals surface area contributed by atoms with Gasteiger partial charge in [0, 0.05) is 6.42 Å². The lowest BCUT2D eigenvalue weighted by molar-refractivity contribution is -0.145. The van der Waals surface area contributed by atoms with E-state index in [1.165, 1.54) is 6.92 Å². The van der Waals surface area contributed by atoms with Gasteiger partial charge in [-0.2, -0.15) is 0 Å². The Morgan fingerprint density at radius 1 is 1.19 bits per heavy atom. The second kappa shape index (κ2) is 7.28. The number of carboxylic acids is 2. The third-order valence-corrected chi connectivity index (χ3v) is 2.90. The van der Waals surface area contributed by atoms with Gasteiger partial charge in [-0.15, -0.1) is 0 Å². The highest BCUT2D eigenvalue weighted by atomic mass is 16.5. The number of carbonyl (C=O) groups excluding carboxylic acids is 1. The number of carboxylic acid groups (broad SMARTS) is 2. The molecule has 0 heterocycles. The maximum Gasteiger partial charge on any atom is 0.408 e. The highest BCUT2D eigenvalue weighted by Crippen LogP contribution is 2.13. The molecule has 0 spiro atoms. The molecule has 0 aliphatic carbocycles. The molecule has 0 fully saturated rings. The molecule has 1 atom stereocenters. The molecule has 7 nitrogen and oxygen atoms in total. The summed E-state index contributed by atoms with van der Waals surface area (Å²) in [5.41, 5.74) is -0.929. The molecule has 1 rings (SSSR count). The Kier molecular flexibility index (Phi) is 5.71. The van der Waals surface area contributed by atoms with Crippen molar-refractivity contribution in [2.45, 2.75) is 31.9 Å². The average Bonchev–Trinajstić information content (AvgIpc) is 2.44. The molecule has 0 unspecified atom stereocenters. The molecule has 0 saturated carbocycles. The van der Waals surface area contributed by atoms with Gasteiger partial charge in [-0.05, 0) is 18.9 Å². The van der Waals surface area contributed by atoms with Crippen LogP contribution in [0.1, 0.15) is 25.3 Å². The molecule has 0 aliphatic rings. The molecule has 0 bridgehead atoms. The fourth-order valence-electron chi connectivity index (χ4n) is 1.56. The number of hydrogen-bond acceptors (Lipinski definition) is 4. The van der Waals surface area contributed by atoms with Crippen LogP contribution in [0.5, 0.6) is 0 Å². The second-order valence-electron chi connectivity index (χ2n) is 4.72. The van der Waals surface area contributed by atoms with Crippen molar-refractivity contribution in [1.29, 1.82) is 0 Å². The zero-order valence-electron chi connectivity index (χ0n) is 11.5. The van der Waals surface area contributed by atoms with E-state index in [2.05, 4.69) is 5.32 Å². The highest BCUT2D eigenvalue weighted by molar-refractivity contribution is 5.84. The van der Waals surface area contributed by atoms with Gasteiger partial charge in [0.05, 0.1) is 0 Å². The SMILES string of the molecule is C[C@](CCC(=O)O)(NC(=O)OCc1ccccc1)C(=O)O. The number of nitrogens with one attached hydrogen (secondary N) is 1. The number of aliphatic carboxylic acids is 2. The van der Waals surface area contributed by atoms with E-state index in [0.717, 1.165) is 5.56 Å². The fraction of sp³-hybridized carbons (Fsp3) is 0.357. The molecule has 1 aromatic carbocycles. The summed E-state index contributed by atoms with van der Waals surface area (Å²) >= 11 is 0. The molecule has 0 saturated heterocycles. The van der Waals surface area contributed by atoms with Crippen molar-refractivity contribution in [3.8, 4) is 0 Å². The van der Waals surface area contributed by atoms with Crippen LogP contribution in [0.4, 0.5) is 4.79 Å². The van der Waals surface area contributed by atoms with Crippen molar-refractivity contribution in [2.24, 2.45) is 0 Å². The zero-order valence-corrected chi connectivity index (χ0v) is 11.5. The van der Waals surface area contributed by atoms with Gasteiger partial charge in [0.2, 0.25) is 0 Å². The van der Waals surface area contributed by atoms with Crippen molar-refractivity contribution >= 4 is 18.0 Å². The molecule has 21 heavy (non-hydrogen) atoms. The number of rotatable bonds is 7. The standard InChI is InChI=1S/C14H17NO6/c1-14(12(18)19,8-7-11(16)17)15-13(20)21-9-10-5-3-2-4-6-10/h2-6H,7-9H2,1H3,(H,15,20)(H,16,17)(H,18,19)/t14-/m1/s1. The van der Waals surface area contributed by atoms with Gasteiger partial charge < -0.3 is 20.3 Å². The van der Waals surface area contributed by atoms with Crippen molar-refractivity contribution in [1.82, 2.24) is 5.32 Å². The van der Waals surface area contributed by atoms with Gasteiger partial charge in [0.1, 0.15) is 12.1 Å². The third-order valence-electron chi connectivity index (χ3n) is 2.90. The summed E-state index contributed by atoms with van der Waals surface area (Å²) in [5, 5.41) is 19.9. The molecule has 0 aromatic heterocycles. The first-order valence-electron chi connectivity index (χ1n) is 6.27. The van der Waals surface area contributed by atoms with Crippen LogP contribution in [0.3, 0.4) is 0 Å². The van der Waals surface area contributed by atoms with Crippen LogP contribution in [0, 0.1) is 0 Å². The summed E-state index contributed by atoms with van der Waals surface area (Å²) < 4.78 is 4.92. The summed E-state index contributed by atoms with van der Waals surface area (Å²) in [4.78, 5) is 33.3. The molecule has 0 aliphatic heterocycles. The van der Waals surface area contributed by atoms with E-state index in [-0.39, 0.29) is 19.4 Å². The molecule has 3 N–H and O–H groups in total. The molecular weight excluding hydrogens is 278 g/mol. The van der Waals surface area contributed by atoms with E-state index >= 15 is 0 Å². The van der Waals surface area contributed by atoms with Gasteiger partial charge in [0.25, 0.3) is 0 Å². The number of benzene rings is 1. The average molecular weight is 295 g/mol. The quantitative estimate of drug-likeness (QED) is 0.704. The van der Waals surface area contributed by atoms with Gasteiger partial charge in [-0.3, -0.25) is 4.79 Å². The number of hydrogen-bond donors (Lipinski definition) is 3. The van der Waals surface area contributed by atoms with E-state index in [9.17, 15) is 14.4 Å². The van der Waals surface area contributed by atoms with Crippen LogP contribution < -0.4 is 5.32 Å². The van der Waals surface area contributed by atoms with Gasteiger partial charge in [-0.1, -0.05) is 30.3 Å². The molecular formula is C14H17NO6. The first kappa shape index (κ1) is 16.5. The zero-order chi connectivity index (χ0) is 15.9. The Labute approximate surface area is 121 Å². The van der Waals surface area contributed by atoms with Gasteiger partial charge >= 0.3 is 18.0 Å². The Morgan fingerprint density at radius 3 is 2.33 bits per heavy atom. The molecule has 114 valence electrons. The number of carbonyl (C=O) groups is 3. The van der Waals surface area contributed by atoms with Crippen LogP contribution in [0.2, 0.25) is 0 Å². The van der Waals surface area contributed by atoms with Gasteiger partial charge in [-0.25, -0.2) is 9.59 Å². The third kappa shape index (κ3) is 5.52. The normalized spacial score (nSPS) is 13.0. The van der Waals surface area contributed by atoms with Gasteiger partial charge in [0.15, 0.2) is 0 Å². The first-order valence-corrected chi connectivity index (χ1v) is 6.27. The predicted octanol–water partition coefficient (Wildman–Crippen LogP) is 1.62. The predicted molar refractivity (Wildman–Crippen MR) is 72.7 cm³/mol. The fourth-order valence-corrected chi connectivity index (χ4v) is 1.56. The van der Waals surface area contributed by atoms with Crippen molar-refractivity contribution in [3.05, 3.63) is 35.9 Å². The molecule has 1 aromatic rings. The maximum atomic E-state index is 11.6. The topological polar surface area (TPSA) is 113 Å². The number of alkyl carbamates (subject to hydrolysis) is 1. The Balaban J connectivity index is 2.56. The van der Waals surface area contributed by atoms with E-state index in [1.807, 2.05) is 6.07 Å². The Bertz CT molecular complexity index is 515. The minimum atomic E-state index is -1.69. The van der Waals surface area contributed by atoms with E-state index in [1.54, 1.807) is 24.3 Å². The lowest BCUT2D eigenvalue weighted by Gasteiger charge is -2.25. The molecule has 1 amide bonds. The van der Waals surface area contributed by atoms with Crippen LogP contribution in [0.15, 0.2) is 30.3 Å². The van der Waals surface area contributed by atoms with Crippen molar-refractivity contribution in [3.63, 3.8) is 0 Å². The Hall–Kier alpha value is -2.57. The summed E-state index contributed by atoms with van der Waals surface area (Å²) in [7, 11) is 0. The Morgan fingerprint density at radius 2 is 1.81 bits per heavy atom. The molecule has 0 radical (unpaired) electrons. The smallest absolute Gasteiger partial charge is 0.408 e. The van der Waals surface area contributed by atoms with Crippen LogP contribution in [0.25, 0.3) is 0 Å². The van der Waals surface area contributed by atoms with Crippen molar-refractivity contribution < 1.29 is 29.3 Å². The minimum Gasteiger partial charge on any atom is -0.481 e. The molecule has 7 heteroatoms. The highest BCUT2D eigenvalue weighted by Gasteiger charge is 2.35. The number of amides is 1. The minimum absolute atomic E-state index is 0.00129. The maximum absolute atomic E-state index is 11.6. The summed E-state index contributed by atoms with van der Waals surface area (Å²) in [6, 6.07) is 8.90. The van der Waals surface area contributed by atoms with E-state index in [0.29, 0.717) is 0 Å². The number of ether oxygens (including phenoxy) is 1. The largest absolute Gasteiger partial charge is 0.481 e.